The molecule has 0 bridgehead atoms. The monoisotopic (exact) mass is 790 g/mol. The molecule has 0 spiro atoms. The predicted octanol–water partition coefficient (Wildman–Crippen LogP) is 3.02. The molecule has 1 aliphatic heterocycles. The van der Waals surface area contributed by atoms with Crippen molar-refractivity contribution in [2.24, 2.45) is 0 Å². The molecule has 0 saturated carbocycles. The molecule has 16 heteroatoms. The van der Waals surface area contributed by atoms with E-state index in [1.807, 2.05) is 32.2 Å². The molecule has 1 heterocycles. The van der Waals surface area contributed by atoms with Crippen molar-refractivity contribution in [3.8, 4) is 0 Å². The van der Waals surface area contributed by atoms with E-state index in [1.165, 1.54) is 0 Å². The van der Waals surface area contributed by atoms with E-state index in [9.17, 15) is 28.2 Å². The van der Waals surface area contributed by atoms with Crippen LogP contribution in [0.25, 0.3) is 0 Å². The number of ketones is 1. The van der Waals surface area contributed by atoms with E-state index >= 15 is 0 Å². The molecule has 52 heavy (non-hydrogen) atoms. The fourth-order valence-electron chi connectivity index (χ4n) is 5.58. The van der Waals surface area contributed by atoms with Crippen LogP contribution in [0, 0.1) is 0 Å². The lowest BCUT2D eigenvalue weighted by molar-refractivity contribution is -0.145. The minimum Gasteiger partial charge on any atom is -0.382 e. The molecule has 0 fully saturated rings. The van der Waals surface area contributed by atoms with Gasteiger partial charge < -0.3 is 44.1 Å². The summed E-state index contributed by atoms with van der Waals surface area (Å²) in [5.74, 6) is -1.54. The van der Waals surface area contributed by atoms with Gasteiger partial charge in [-0.1, -0.05) is 35.3 Å². The van der Waals surface area contributed by atoms with Gasteiger partial charge in [-0.25, -0.2) is 8.42 Å². The van der Waals surface area contributed by atoms with Crippen LogP contribution in [0.2, 0.25) is 10.0 Å². The summed E-state index contributed by atoms with van der Waals surface area (Å²) >= 11 is 12.8. The first-order valence-corrected chi connectivity index (χ1v) is 19.9. The van der Waals surface area contributed by atoms with Gasteiger partial charge in [0.05, 0.1) is 56.9 Å². The van der Waals surface area contributed by atoms with Gasteiger partial charge >= 0.3 is 0 Å². The van der Waals surface area contributed by atoms with E-state index in [2.05, 4.69) is 10.2 Å². The van der Waals surface area contributed by atoms with E-state index in [4.69, 9.17) is 46.9 Å². The van der Waals surface area contributed by atoms with Gasteiger partial charge in [-0.3, -0.25) is 9.59 Å². The van der Waals surface area contributed by atoms with Crippen molar-refractivity contribution in [2.75, 3.05) is 92.0 Å². The molecule has 2 aromatic rings. The minimum absolute atomic E-state index is 0.0242. The smallest absolute Gasteiger partial charge is 0.252 e. The number of likely N-dealkylation sites (N-methyl/N-ethyl adjacent to an activating group) is 1. The van der Waals surface area contributed by atoms with Crippen LogP contribution in [-0.2, 0) is 49.7 Å². The largest absolute Gasteiger partial charge is 0.382 e. The summed E-state index contributed by atoms with van der Waals surface area (Å²) in [6.45, 7) is 6.73. The molecule has 1 amide bonds. The first-order valence-electron chi connectivity index (χ1n) is 17.5. The van der Waals surface area contributed by atoms with Gasteiger partial charge in [-0.2, -0.15) is 0 Å². The van der Waals surface area contributed by atoms with Gasteiger partial charge in [-0.15, -0.1) is 0 Å². The Morgan fingerprint density at radius 1 is 0.865 bits per heavy atom. The predicted molar refractivity (Wildman–Crippen MR) is 197 cm³/mol. The normalized spacial score (nSPS) is 16.0. The van der Waals surface area contributed by atoms with Crippen LogP contribution >= 0.6 is 23.2 Å². The summed E-state index contributed by atoms with van der Waals surface area (Å²) < 4.78 is 52.7. The summed E-state index contributed by atoms with van der Waals surface area (Å²) in [7, 11) is -1.46. The van der Waals surface area contributed by atoms with E-state index in [-0.39, 0.29) is 56.0 Å². The molecule has 3 N–H and O–H groups in total. The van der Waals surface area contributed by atoms with Gasteiger partial charge in [0.1, 0.15) is 6.10 Å². The third-order valence-corrected chi connectivity index (χ3v) is 10.7. The number of carbonyl (C=O) groups excluding carboxylic acids is 2. The van der Waals surface area contributed by atoms with Crippen LogP contribution in [0.5, 0.6) is 0 Å². The second-order valence-electron chi connectivity index (χ2n) is 12.3. The zero-order chi connectivity index (χ0) is 37.9. The summed E-state index contributed by atoms with van der Waals surface area (Å²) in [5, 5.41) is 23.6. The van der Waals surface area contributed by atoms with Crippen LogP contribution in [0.4, 0.5) is 0 Å². The van der Waals surface area contributed by atoms with Crippen molar-refractivity contribution < 1.29 is 51.9 Å². The number of fused-ring (bicyclic) bond motifs is 1. The lowest BCUT2D eigenvalue weighted by Crippen LogP contribution is -2.46. The molecule has 2 aromatic carbocycles. The molecular weight excluding hydrogens is 739 g/mol. The van der Waals surface area contributed by atoms with Crippen LogP contribution in [0.15, 0.2) is 41.3 Å². The number of nitrogens with zero attached hydrogens (tertiary/aromatic N) is 1. The Morgan fingerprint density at radius 2 is 1.46 bits per heavy atom. The summed E-state index contributed by atoms with van der Waals surface area (Å²) in [6.07, 6.45) is -3.13. The number of ether oxygens (including phenoxy) is 5. The molecule has 3 atom stereocenters. The maximum atomic E-state index is 12.9. The lowest BCUT2D eigenvalue weighted by Gasteiger charge is -2.33. The number of aliphatic hydroxyl groups is 2. The average Bonchev–Trinajstić information content (AvgIpc) is 3.12. The van der Waals surface area contributed by atoms with E-state index in [0.717, 1.165) is 29.8 Å². The summed E-state index contributed by atoms with van der Waals surface area (Å²) in [6, 6.07) is 10.7. The number of hydrogen-bond donors (Lipinski definition) is 3. The molecule has 3 rings (SSSR count). The number of halogens is 2. The van der Waals surface area contributed by atoms with Crippen molar-refractivity contribution in [3.05, 3.63) is 63.1 Å². The molecule has 0 radical (unpaired) electrons. The third-order valence-electron chi connectivity index (χ3n) is 8.31. The van der Waals surface area contributed by atoms with Crippen LogP contribution in [0.3, 0.4) is 0 Å². The van der Waals surface area contributed by atoms with Crippen LogP contribution in [0.1, 0.15) is 48.8 Å². The molecule has 292 valence electrons. The van der Waals surface area contributed by atoms with Crippen LogP contribution in [-0.4, -0.2) is 139 Å². The van der Waals surface area contributed by atoms with Gasteiger partial charge in [0.2, 0.25) is 0 Å². The first kappa shape index (κ1) is 44.2. The fraction of sp³-hybridized carbons (Fsp3) is 0.611. The summed E-state index contributed by atoms with van der Waals surface area (Å²) in [4.78, 5) is 26.5. The number of rotatable bonds is 26. The van der Waals surface area contributed by atoms with Crippen molar-refractivity contribution in [2.45, 2.75) is 55.8 Å². The van der Waals surface area contributed by atoms with Crippen molar-refractivity contribution in [1.29, 1.82) is 0 Å². The van der Waals surface area contributed by atoms with Gasteiger partial charge in [0.15, 0.2) is 21.7 Å². The number of hydrogen-bond acceptors (Lipinski definition) is 12. The highest BCUT2D eigenvalue weighted by Crippen LogP contribution is 2.38. The van der Waals surface area contributed by atoms with E-state index in [0.29, 0.717) is 62.5 Å². The number of benzene rings is 2. The standard InChI is InChI=1S/C36H52Cl2N2O11S/c1-3-47-15-16-50-14-11-39-36(44)35(43)34(42)33(41)6-4-12-48-17-19-51-20-18-49-13-5-21-52(45,46)28-9-7-26(8-10-28)30-24-40(2)25-31-29(30)22-27(37)23-32(31)38/h7-10,22-23,30,34-35,42-43H,3-6,11-21,24-25H2,1-2H3,(H,39,44). The molecule has 13 nitrogen and oxygen atoms in total. The summed E-state index contributed by atoms with van der Waals surface area (Å²) in [5.41, 5.74) is 3.10. The van der Waals surface area contributed by atoms with Crippen molar-refractivity contribution >= 4 is 44.7 Å². The molecule has 0 aromatic heterocycles. The van der Waals surface area contributed by atoms with E-state index in [1.54, 1.807) is 18.2 Å². The zero-order valence-corrected chi connectivity index (χ0v) is 32.2. The highest BCUT2D eigenvalue weighted by Gasteiger charge is 2.30. The fourth-order valence-corrected chi connectivity index (χ4v) is 7.43. The maximum Gasteiger partial charge on any atom is 0.252 e. The Kier molecular flexibility index (Phi) is 20.0. The Morgan fingerprint density at radius 3 is 2.12 bits per heavy atom. The number of amides is 1. The second-order valence-corrected chi connectivity index (χ2v) is 15.3. The molecule has 0 aliphatic carbocycles. The number of aliphatic hydroxyl groups excluding tert-OH is 2. The van der Waals surface area contributed by atoms with Crippen molar-refractivity contribution in [1.82, 2.24) is 10.2 Å². The third kappa shape index (κ3) is 14.9. The molecule has 1 aliphatic rings. The number of Topliss-reactive ketones (excluding diaryl/α,β-unsaturated/α-hetero) is 1. The minimum atomic E-state index is -3.48. The Balaban J connectivity index is 1.21. The highest BCUT2D eigenvalue weighted by molar-refractivity contribution is 7.91. The number of carbonyl (C=O) groups is 2. The lowest BCUT2D eigenvalue weighted by atomic mass is 9.85. The Labute approximate surface area is 316 Å². The quantitative estimate of drug-likeness (QED) is 0.119. The Hall–Kier alpha value is -2.21. The van der Waals surface area contributed by atoms with Gasteiger partial charge in [0, 0.05) is 61.8 Å². The van der Waals surface area contributed by atoms with Crippen molar-refractivity contribution in [3.63, 3.8) is 0 Å². The Bertz CT molecular complexity index is 1500. The SMILES string of the molecule is CCOCCOCCNC(=O)C(O)C(O)C(=O)CCCOCCOCCOCCCS(=O)(=O)c1ccc(C2CN(C)Cc3c(Cl)cc(Cl)cc32)cc1. The average molecular weight is 792 g/mol. The van der Waals surface area contributed by atoms with Gasteiger partial charge in [-0.05, 0) is 67.8 Å². The maximum absolute atomic E-state index is 12.9. The molecule has 3 unspecified atom stereocenters. The van der Waals surface area contributed by atoms with Crippen LogP contribution < -0.4 is 5.32 Å². The number of sulfone groups is 1. The molecular formula is C36H52Cl2N2O11S. The number of nitrogens with one attached hydrogen (secondary N) is 1. The van der Waals surface area contributed by atoms with Gasteiger partial charge in [0.25, 0.3) is 5.91 Å². The second kappa shape index (κ2) is 23.5. The molecule has 0 saturated heterocycles. The van der Waals surface area contributed by atoms with E-state index < -0.39 is 33.7 Å². The topological polar surface area (TPSA) is 170 Å². The first-order chi connectivity index (χ1) is 24.9. The highest BCUT2D eigenvalue weighted by atomic mass is 35.5. The zero-order valence-electron chi connectivity index (χ0n) is 29.9.